The van der Waals surface area contributed by atoms with Crippen LogP contribution in [0, 0.1) is 11.7 Å². The molecule has 1 aromatic rings. The lowest BCUT2D eigenvalue weighted by molar-refractivity contribution is -0.123. The second kappa shape index (κ2) is 6.89. The normalized spacial score (nSPS) is 17.1. The van der Waals surface area contributed by atoms with Crippen LogP contribution in [0.2, 0.25) is 0 Å². The molecule has 1 fully saturated rings. The van der Waals surface area contributed by atoms with Gasteiger partial charge in [0.2, 0.25) is 5.91 Å². The van der Waals surface area contributed by atoms with Crippen LogP contribution < -0.4 is 15.8 Å². The summed E-state index contributed by atoms with van der Waals surface area (Å²) in [4.78, 5) is 11.9. The summed E-state index contributed by atoms with van der Waals surface area (Å²) in [6.07, 6.45) is 3.16. The summed E-state index contributed by atoms with van der Waals surface area (Å²) in [5.41, 5.74) is 5.47. The molecule has 0 radical (unpaired) electrons. The van der Waals surface area contributed by atoms with Gasteiger partial charge in [-0.3, -0.25) is 4.79 Å². The molecule has 3 N–H and O–H groups in total. The summed E-state index contributed by atoms with van der Waals surface area (Å²) in [7, 11) is 0. The molecule has 4 nitrogen and oxygen atoms in total. The van der Waals surface area contributed by atoms with Crippen molar-refractivity contribution in [3.05, 3.63) is 30.1 Å². The maximum atomic E-state index is 13.3. The number of carbonyl (C=O) groups excluding carboxylic acids is 1. The van der Waals surface area contributed by atoms with Crippen LogP contribution in [0.4, 0.5) is 4.39 Å². The molecule has 1 aromatic carbocycles. The van der Waals surface area contributed by atoms with Gasteiger partial charge in [0.1, 0.15) is 0 Å². The van der Waals surface area contributed by atoms with E-state index >= 15 is 0 Å². The molecule has 1 aliphatic rings. The number of ether oxygens (including phenoxy) is 1. The van der Waals surface area contributed by atoms with Crippen molar-refractivity contribution in [2.75, 3.05) is 13.2 Å². The van der Waals surface area contributed by atoms with Gasteiger partial charge in [-0.1, -0.05) is 12.1 Å². The van der Waals surface area contributed by atoms with Crippen molar-refractivity contribution >= 4 is 5.91 Å². The number of para-hydroxylation sites is 1. The van der Waals surface area contributed by atoms with Gasteiger partial charge in [0.15, 0.2) is 11.6 Å². The molecule has 1 amide bonds. The summed E-state index contributed by atoms with van der Waals surface area (Å²) in [5.74, 6) is 0.321. The van der Waals surface area contributed by atoms with E-state index in [2.05, 4.69) is 5.32 Å². The smallest absolute Gasteiger partial charge is 0.220 e. The highest BCUT2D eigenvalue weighted by Crippen LogP contribution is 2.38. The van der Waals surface area contributed by atoms with Crippen molar-refractivity contribution in [1.29, 1.82) is 0 Å². The number of amides is 1. The molecular formula is C16H23FN2O2. The Morgan fingerprint density at radius 3 is 2.81 bits per heavy atom. The van der Waals surface area contributed by atoms with Crippen LogP contribution in [0.25, 0.3) is 0 Å². The van der Waals surface area contributed by atoms with E-state index in [4.69, 9.17) is 10.5 Å². The van der Waals surface area contributed by atoms with Crippen molar-refractivity contribution < 1.29 is 13.9 Å². The van der Waals surface area contributed by atoms with E-state index in [1.165, 1.54) is 6.07 Å². The Hall–Kier alpha value is -1.62. The van der Waals surface area contributed by atoms with E-state index in [-0.39, 0.29) is 23.0 Å². The zero-order chi connectivity index (χ0) is 15.3. The largest absolute Gasteiger partial charge is 0.491 e. The second-order valence-corrected chi connectivity index (χ2v) is 5.83. The predicted molar refractivity (Wildman–Crippen MR) is 79.5 cm³/mol. The number of nitrogens with two attached hydrogens (primary N) is 1. The third-order valence-electron chi connectivity index (χ3n) is 3.97. The lowest BCUT2D eigenvalue weighted by Gasteiger charge is -2.29. The van der Waals surface area contributed by atoms with Crippen LogP contribution in [-0.4, -0.2) is 24.6 Å². The topological polar surface area (TPSA) is 64.3 Å². The lowest BCUT2D eigenvalue weighted by Crippen LogP contribution is -2.53. The number of halogens is 1. The minimum Gasteiger partial charge on any atom is -0.491 e. The van der Waals surface area contributed by atoms with Crippen LogP contribution in [0.3, 0.4) is 0 Å². The number of rotatable bonds is 8. The van der Waals surface area contributed by atoms with Gasteiger partial charge in [-0.2, -0.15) is 0 Å². The van der Waals surface area contributed by atoms with Gasteiger partial charge in [-0.15, -0.1) is 0 Å². The highest BCUT2D eigenvalue weighted by atomic mass is 19.1. The van der Waals surface area contributed by atoms with E-state index in [0.717, 1.165) is 12.8 Å². The summed E-state index contributed by atoms with van der Waals surface area (Å²) in [6, 6.07) is 6.26. The lowest BCUT2D eigenvalue weighted by atomic mass is 9.95. The van der Waals surface area contributed by atoms with Gasteiger partial charge < -0.3 is 15.8 Å². The molecule has 116 valence electrons. The van der Waals surface area contributed by atoms with Crippen molar-refractivity contribution in [2.45, 2.75) is 38.1 Å². The first-order valence-electron chi connectivity index (χ1n) is 7.43. The molecule has 0 bridgehead atoms. The number of carbonyl (C=O) groups is 1. The molecule has 0 aliphatic heterocycles. The Balaban J connectivity index is 1.69. The van der Waals surface area contributed by atoms with Gasteiger partial charge in [-0.05, 0) is 44.2 Å². The molecule has 21 heavy (non-hydrogen) atoms. The van der Waals surface area contributed by atoms with Gasteiger partial charge in [-0.25, -0.2) is 4.39 Å². The number of benzene rings is 1. The van der Waals surface area contributed by atoms with Gasteiger partial charge in [0.25, 0.3) is 0 Å². The fourth-order valence-corrected chi connectivity index (χ4v) is 2.40. The standard InChI is InChI=1S/C16H23FN2O2/c1-16(11-18,12-8-9-12)19-15(20)7-4-10-21-14-6-3-2-5-13(14)17/h2-3,5-6,12H,4,7-11,18H2,1H3,(H,19,20). The molecule has 1 atom stereocenters. The van der Waals surface area contributed by atoms with E-state index in [1.54, 1.807) is 18.2 Å². The zero-order valence-electron chi connectivity index (χ0n) is 12.4. The minimum atomic E-state index is -0.383. The second-order valence-electron chi connectivity index (χ2n) is 5.83. The van der Waals surface area contributed by atoms with Crippen LogP contribution in [-0.2, 0) is 4.79 Å². The molecular weight excluding hydrogens is 271 g/mol. The van der Waals surface area contributed by atoms with Crippen LogP contribution in [0.5, 0.6) is 5.75 Å². The number of hydrogen-bond acceptors (Lipinski definition) is 3. The van der Waals surface area contributed by atoms with Crippen molar-refractivity contribution in [3.63, 3.8) is 0 Å². The molecule has 2 rings (SSSR count). The highest BCUT2D eigenvalue weighted by molar-refractivity contribution is 5.76. The van der Waals surface area contributed by atoms with Gasteiger partial charge >= 0.3 is 0 Å². The molecule has 0 aromatic heterocycles. The average Bonchev–Trinajstić information content (AvgIpc) is 3.30. The maximum Gasteiger partial charge on any atom is 0.220 e. The summed E-state index contributed by atoms with van der Waals surface area (Å²) >= 11 is 0. The van der Waals surface area contributed by atoms with Gasteiger partial charge in [0, 0.05) is 13.0 Å². The summed E-state index contributed by atoms with van der Waals surface area (Å²) < 4.78 is 18.6. The third kappa shape index (κ3) is 4.43. The van der Waals surface area contributed by atoms with E-state index in [1.807, 2.05) is 6.92 Å². The van der Waals surface area contributed by atoms with Gasteiger partial charge in [0.05, 0.1) is 12.1 Å². The number of hydrogen-bond donors (Lipinski definition) is 2. The molecule has 0 spiro atoms. The Morgan fingerprint density at radius 1 is 1.48 bits per heavy atom. The summed E-state index contributed by atoms with van der Waals surface area (Å²) in [5, 5.41) is 3.02. The quantitative estimate of drug-likeness (QED) is 0.723. The van der Waals surface area contributed by atoms with Crippen LogP contribution in [0.1, 0.15) is 32.6 Å². The fourth-order valence-electron chi connectivity index (χ4n) is 2.40. The molecule has 1 unspecified atom stereocenters. The molecule has 5 heteroatoms. The first-order valence-corrected chi connectivity index (χ1v) is 7.43. The minimum absolute atomic E-state index is 0.0213. The zero-order valence-corrected chi connectivity index (χ0v) is 12.4. The fraction of sp³-hybridized carbons (Fsp3) is 0.562. The van der Waals surface area contributed by atoms with E-state index in [0.29, 0.717) is 31.9 Å². The van der Waals surface area contributed by atoms with Crippen molar-refractivity contribution in [3.8, 4) is 5.75 Å². The highest BCUT2D eigenvalue weighted by Gasteiger charge is 2.41. The van der Waals surface area contributed by atoms with E-state index in [9.17, 15) is 9.18 Å². The first kappa shape index (κ1) is 15.8. The van der Waals surface area contributed by atoms with Crippen molar-refractivity contribution in [1.82, 2.24) is 5.32 Å². The van der Waals surface area contributed by atoms with Crippen molar-refractivity contribution in [2.24, 2.45) is 11.7 Å². The molecule has 1 saturated carbocycles. The Kier molecular flexibility index (Phi) is 5.17. The van der Waals surface area contributed by atoms with Crippen LogP contribution in [0.15, 0.2) is 24.3 Å². The molecule has 1 aliphatic carbocycles. The predicted octanol–water partition coefficient (Wildman–Crippen LogP) is 2.23. The average molecular weight is 294 g/mol. The summed E-state index contributed by atoms with van der Waals surface area (Å²) in [6.45, 7) is 2.77. The number of nitrogens with one attached hydrogen (secondary N) is 1. The third-order valence-corrected chi connectivity index (χ3v) is 3.97. The Morgan fingerprint density at radius 2 is 2.19 bits per heavy atom. The molecule has 0 saturated heterocycles. The SMILES string of the molecule is CC(CN)(NC(=O)CCCOc1ccccc1F)C1CC1. The monoisotopic (exact) mass is 294 g/mol. The first-order chi connectivity index (χ1) is 10.0. The van der Waals surface area contributed by atoms with Crippen LogP contribution >= 0.6 is 0 Å². The molecule has 0 heterocycles. The van der Waals surface area contributed by atoms with E-state index < -0.39 is 0 Å². The maximum absolute atomic E-state index is 13.3. The Bertz CT molecular complexity index is 491. The Labute approximate surface area is 124 Å².